The van der Waals surface area contributed by atoms with Gasteiger partial charge in [0.15, 0.2) is 16.8 Å². The van der Waals surface area contributed by atoms with Crippen molar-refractivity contribution in [2.75, 3.05) is 23.3 Å². The highest BCUT2D eigenvalue weighted by Crippen LogP contribution is 2.24. The van der Waals surface area contributed by atoms with Crippen molar-refractivity contribution in [2.24, 2.45) is 5.92 Å². The second-order valence-corrected chi connectivity index (χ2v) is 7.52. The summed E-state index contributed by atoms with van der Waals surface area (Å²) in [5.74, 6) is 2.33. The van der Waals surface area contributed by atoms with Crippen LogP contribution in [0.25, 0.3) is 5.82 Å². The Bertz CT molecular complexity index is 933. The standard InChI is InChI=1S/C18H21N7OS/c1-12-11-27-18(20-12)21-17(26)14-4-3-8-24(10-14)15-5-6-16(23-22-15)25-9-7-19-13(25)2/h5-7,9,11,14H,3-4,8,10H2,1-2H3,(H,20,21,26). The number of hydrogen-bond acceptors (Lipinski definition) is 7. The van der Waals surface area contributed by atoms with Crippen molar-refractivity contribution in [2.45, 2.75) is 26.7 Å². The molecule has 1 unspecified atom stereocenters. The van der Waals surface area contributed by atoms with Gasteiger partial charge in [0.05, 0.1) is 11.6 Å². The molecular formula is C18H21N7OS. The van der Waals surface area contributed by atoms with Gasteiger partial charge in [-0.05, 0) is 38.8 Å². The van der Waals surface area contributed by atoms with Gasteiger partial charge in [-0.15, -0.1) is 21.5 Å². The summed E-state index contributed by atoms with van der Waals surface area (Å²) in [4.78, 5) is 23.2. The molecule has 4 heterocycles. The number of aromatic nitrogens is 5. The van der Waals surface area contributed by atoms with Crippen LogP contribution in [0.3, 0.4) is 0 Å². The van der Waals surface area contributed by atoms with Crippen LogP contribution >= 0.6 is 11.3 Å². The number of nitrogens with one attached hydrogen (secondary N) is 1. The molecule has 1 fully saturated rings. The molecule has 27 heavy (non-hydrogen) atoms. The first-order valence-corrected chi connectivity index (χ1v) is 9.80. The molecule has 1 amide bonds. The molecule has 1 aliphatic rings. The fraction of sp³-hybridized carbons (Fsp3) is 0.389. The summed E-state index contributed by atoms with van der Waals surface area (Å²) >= 11 is 1.45. The number of nitrogens with zero attached hydrogens (tertiary/aromatic N) is 6. The molecule has 0 spiro atoms. The van der Waals surface area contributed by atoms with Gasteiger partial charge in [-0.2, -0.15) is 0 Å². The first-order valence-electron chi connectivity index (χ1n) is 8.92. The third-order valence-corrected chi connectivity index (χ3v) is 5.55. The summed E-state index contributed by atoms with van der Waals surface area (Å²) in [6.07, 6.45) is 5.41. The van der Waals surface area contributed by atoms with Gasteiger partial charge in [0, 0.05) is 30.9 Å². The van der Waals surface area contributed by atoms with Crippen LogP contribution in [0.5, 0.6) is 0 Å². The van der Waals surface area contributed by atoms with Crippen LogP contribution in [-0.2, 0) is 4.79 Å². The molecule has 9 heteroatoms. The average molecular weight is 383 g/mol. The first-order chi connectivity index (χ1) is 13.1. The van der Waals surface area contributed by atoms with Gasteiger partial charge >= 0.3 is 0 Å². The van der Waals surface area contributed by atoms with E-state index in [2.05, 4.69) is 30.4 Å². The lowest BCUT2D eigenvalue weighted by atomic mass is 9.97. The largest absolute Gasteiger partial charge is 0.354 e. The summed E-state index contributed by atoms with van der Waals surface area (Å²) in [7, 11) is 0. The number of rotatable bonds is 4. The molecule has 1 aliphatic heterocycles. The Morgan fingerprint density at radius 1 is 1.26 bits per heavy atom. The molecule has 1 N–H and O–H groups in total. The van der Waals surface area contributed by atoms with Crippen LogP contribution in [0.1, 0.15) is 24.4 Å². The lowest BCUT2D eigenvalue weighted by Gasteiger charge is -2.32. The van der Waals surface area contributed by atoms with Crippen molar-refractivity contribution in [3.8, 4) is 5.82 Å². The maximum absolute atomic E-state index is 12.6. The van der Waals surface area contributed by atoms with Gasteiger partial charge in [0.1, 0.15) is 5.82 Å². The average Bonchev–Trinajstić information content (AvgIpc) is 3.30. The van der Waals surface area contributed by atoms with Crippen molar-refractivity contribution in [3.05, 3.63) is 41.4 Å². The number of thiazole rings is 1. The van der Waals surface area contributed by atoms with Crippen molar-refractivity contribution < 1.29 is 4.79 Å². The van der Waals surface area contributed by atoms with Crippen molar-refractivity contribution in [3.63, 3.8) is 0 Å². The van der Waals surface area contributed by atoms with E-state index in [-0.39, 0.29) is 11.8 Å². The zero-order valence-electron chi connectivity index (χ0n) is 15.3. The van der Waals surface area contributed by atoms with E-state index in [1.54, 1.807) is 6.20 Å². The van der Waals surface area contributed by atoms with Gasteiger partial charge in [-0.25, -0.2) is 9.97 Å². The van der Waals surface area contributed by atoms with E-state index in [0.717, 1.165) is 42.5 Å². The maximum atomic E-state index is 12.6. The summed E-state index contributed by atoms with van der Waals surface area (Å²) < 4.78 is 1.89. The zero-order chi connectivity index (χ0) is 18.8. The van der Waals surface area contributed by atoms with E-state index in [4.69, 9.17) is 0 Å². The first kappa shape index (κ1) is 17.6. The Morgan fingerprint density at radius 3 is 2.74 bits per heavy atom. The Balaban J connectivity index is 1.43. The van der Waals surface area contributed by atoms with Crippen LogP contribution in [0.4, 0.5) is 10.9 Å². The minimum atomic E-state index is -0.0830. The van der Waals surface area contributed by atoms with Crippen LogP contribution in [0, 0.1) is 19.8 Å². The van der Waals surface area contributed by atoms with E-state index in [0.29, 0.717) is 11.7 Å². The smallest absolute Gasteiger partial charge is 0.231 e. The minimum Gasteiger partial charge on any atom is -0.354 e. The van der Waals surface area contributed by atoms with E-state index in [1.807, 2.05) is 42.1 Å². The molecule has 0 saturated carbocycles. The summed E-state index contributed by atoms with van der Waals surface area (Å²) in [6, 6.07) is 3.88. The quantitative estimate of drug-likeness (QED) is 0.745. The fourth-order valence-corrected chi connectivity index (χ4v) is 3.94. The highest BCUT2D eigenvalue weighted by molar-refractivity contribution is 7.13. The topological polar surface area (TPSA) is 88.8 Å². The Morgan fingerprint density at radius 2 is 2.07 bits per heavy atom. The molecule has 0 radical (unpaired) electrons. The zero-order valence-corrected chi connectivity index (χ0v) is 16.1. The Kier molecular flexibility index (Phi) is 4.85. The Hall–Kier alpha value is -2.81. The minimum absolute atomic E-state index is 0.0210. The van der Waals surface area contributed by atoms with Crippen molar-refractivity contribution in [1.82, 2.24) is 24.7 Å². The second-order valence-electron chi connectivity index (χ2n) is 6.66. The van der Waals surface area contributed by atoms with Crippen molar-refractivity contribution in [1.29, 1.82) is 0 Å². The van der Waals surface area contributed by atoms with E-state index in [1.165, 1.54) is 11.3 Å². The number of anilines is 2. The Labute approximate surface area is 161 Å². The highest BCUT2D eigenvalue weighted by Gasteiger charge is 2.27. The fourth-order valence-electron chi connectivity index (χ4n) is 3.25. The summed E-state index contributed by atoms with van der Waals surface area (Å²) in [5.41, 5.74) is 0.920. The molecular weight excluding hydrogens is 362 g/mol. The predicted molar refractivity (Wildman–Crippen MR) is 104 cm³/mol. The normalized spacial score (nSPS) is 17.1. The number of piperidine rings is 1. The van der Waals surface area contributed by atoms with Gasteiger partial charge in [0.25, 0.3) is 0 Å². The van der Waals surface area contributed by atoms with E-state index < -0.39 is 0 Å². The summed E-state index contributed by atoms with van der Waals surface area (Å²) in [5, 5.41) is 14.2. The number of hydrogen-bond donors (Lipinski definition) is 1. The summed E-state index contributed by atoms with van der Waals surface area (Å²) in [6.45, 7) is 5.35. The number of aryl methyl sites for hydroxylation is 2. The van der Waals surface area contributed by atoms with Crippen LogP contribution in [0.15, 0.2) is 29.9 Å². The molecule has 4 rings (SSSR count). The molecule has 0 aliphatic carbocycles. The molecule has 3 aromatic rings. The van der Waals surface area contributed by atoms with Gasteiger partial charge in [0.2, 0.25) is 5.91 Å². The monoisotopic (exact) mass is 383 g/mol. The lowest BCUT2D eigenvalue weighted by molar-refractivity contribution is -0.120. The predicted octanol–water partition coefficient (Wildman–Crippen LogP) is 2.59. The van der Waals surface area contributed by atoms with E-state index in [9.17, 15) is 4.79 Å². The van der Waals surface area contributed by atoms with Crippen LogP contribution < -0.4 is 10.2 Å². The molecule has 0 bridgehead atoms. The highest BCUT2D eigenvalue weighted by atomic mass is 32.1. The molecule has 140 valence electrons. The SMILES string of the molecule is Cc1csc(NC(=O)C2CCCN(c3ccc(-n4ccnc4C)nn3)C2)n1. The van der Waals surface area contributed by atoms with Crippen LogP contribution in [-0.4, -0.2) is 43.7 Å². The molecule has 8 nitrogen and oxygen atoms in total. The van der Waals surface area contributed by atoms with Gasteiger partial charge in [-0.3, -0.25) is 9.36 Å². The number of carbonyl (C=O) groups is 1. The van der Waals surface area contributed by atoms with Gasteiger partial charge < -0.3 is 10.2 Å². The molecule has 0 aromatic carbocycles. The van der Waals surface area contributed by atoms with Crippen LogP contribution in [0.2, 0.25) is 0 Å². The molecule has 1 atom stereocenters. The maximum Gasteiger partial charge on any atom is 0.231 e. The third kappa shape index (κ3) is 3.82. The third-order valence-electron chi connectivity index (χ3n) is 4.67. The number of imidazole rings is 1. The number of carbonyl (C=O) groups excluding carboxylic acids is 1. The van der Waals surface area contributed by atoms with E-state index >= 15 is 0 Å². The lowest BCUT2D eigenvalue weighted by Crippen LogP contribution is -2.41. The molecule has 3 aromatic heterocycles. The second kappa shape index (κ2) is 7.43. The van der Waals surface area contributed by atoms with Crippen molar-refractivity contribution >= 4 is 28.2 Å². The van der Waals surface area contributed by atoms with Gasteiger partial charge in [-0.1, -0.05) is 0 Å². The molecule has 1 saturated heterocycles. The number of amides is 1.